The van der Waals surface area contributed by atoms with Gasteiger partial charge in [-0.25, -0.2) is 0 Å². The first-order valence-electron chi connectivity index (χ1n) is 12.2. The molecule has 0 saturated carbocycles. The highest BCUT2D eigenvalue weighted by Gasteiger charge is 2.45. The number of likely N-dealkylation sites (tertiary alicyclic amines) is 1. The van der Waals surface area contributed by atoms with Crippen molar-refractivity contribution in [3.8, 4) is 5.75 Å². The third-order valence-electron chi connectivity index (χ3n) is 6.65. The summed E-state index contributed by atoms with van der Waals surface area (Å²) in [6.07, 6.45) is 0.726. The highest BCUT2D eigenvalue weighted by atomic mass is 35.5. The summed E-state index contributed by atoms with van der Waals surface area (Å²) in [7, 11) is 1.51. The van der Waals surface area contributed by atoms with E-state index in [0.29, 0.717) is 28.8 Å². The molecule has 0 unspecified atom stereocenters. The summed E-state index contributed by atoms with van der Waals surface area (Å²) in [4.78, 5) is 30.3. The minimum Gasteiger partial charge on any atom is -0.507 e. The smallest absolute Gasteiger partial charge is 0.295 e. The summed E-state index contributed by atoms with van der Waals surface area (Å²) < 4.78 is 5.20. The molecule has 0 bridgehead atoms. The number of hydrogen-bond donors (Lipinski definition) is 1. The standard InChI is InChI=1S/C28H35ClN2O4/c1-6-30(7-2)15-8-16-31-25(20-11-9-19(10-12-20)18(3)4)24(27(33)28(31)34)26(32)21-13-14-23(35-5)22(29)17-21/h9-14,17-18,25,32H,6-8,15-16H2,1-5H3/b26-24+/t25-/m0/s1. The Hall–Kier alpha value is -2.83. The third-order valence-corrected chi connectivity index (χ3v) is 6.95. The molecule has 0 aromatic heterocycles. The number of methoxy groups -OCH3 is 1. The average Bonchev–Trinajstić information content (AvgIpc) is 3.11. The summed E-state index contributed by atoms with van der Waals surface area (Å²) >= 11 is 6.27. The van der Waals surface area contributed by atoms with E-state index in [2.05, 4.69) is 32.6 Å². The lowest BCUT2D eigenvalue weighted by Gasteiger charge is -2.27. The fourth-order valence-electron chi connectivity index (χ4n) is 4.49. The number of halogens is 1. The predicted octanol–water partition coefficient (Wildman–Crippen LogP) is 5.63. The van der Waals surface area contributed by atoms with E-state index in [-0.39, 0.29) is 11.3 Å². The molecule has 35 heavy (non-hydrogen) atoms. The van der Waals surface area contributed by atoms with Crippen LogP contribution in [0.2, 0.25) is 5.02 Å². The van der Waals surface area contributed by atoms with Crippen LogP contribution < -0.4 is 4.74 Å². The highest BCUT2D eigenvalue weighted by Crippen LogP contribution is 2.40. The molecule has 3 rings (SSSR count). The van der Waals surface area contributed by atoms with Gasteiger partial charge in [0.1, 0.15) is 11.5 Å². The molecule has 0 spiro atoms. The van der Waals surface area contributed by atoms with Crippen LogP contribution in [-0.4, -0.2) is 59.9 Å². The molecule has 6 nitrogen and oxygen atoms in total. The Bertz CT molecular complexity index is 1090. The maximum absolute atomic E-state index is 13.2. The summed E-state index contributed by atoms with van der Waals surface area (Å²) in [6, 6.07) is 12.0. The number of rotatable bonds is 10. The van der Waals surface area contributed by atoms with Gasteiger partial charge in [-0.15, -0.1) is 0 Å². The molecule has 1 aliphatic rings. The number of nitrogens with zero attached hydrogens (tertiary/aromatic N) is 2. The largest absolute Gasteiger partial charge is 0.507 e. The van der Waals surface area contributed by atoms with Crippen LogP contribution in [0.1, 0.15) is 62.8 Å². The fraction of sp³-hybridized carbons (Fsp3) is 0.429. The SMILES string of the molecule is CCN(CC)CCCN1C(=O)C(=O)/C(=C(/O)c2ccc(OC)c(Cl)c2)[C@@H]1c1ccc(C(C)C)cc1. The number of aliphatic hydroxyl groups is 1. The number of carbonyl (C=O) groups excluding carboxylic acids is 2. The van der Waals surface area contributed by atoms with Crippen molar-refractivity contribution in [1.29, 1.82) is 0 Å². The van der Waals surface area contributed by atoms with E-state index in [1.165, 1.54) is 7.11 Å². The van der Waals surface area contributed by atoms with Crippen LogP contribution in [0.15, 0.2) is 48.0 Å². The molecule has 0 radical (unpaired) electrons. The molecule has 1 aliphatic heterocycles. The van der Waals surface area contributed by atoms with Gasteiger partial charge in [0, 0.05) is 12.1 Å². The predicted molar refractivity (Wildman–Crippen MR) is 140 cm³/mol. The molecular weight excluding hydrogens is 464 g/mol. The van der Waals surface area contributed by atoms with E-state index >= 15 is 0 Å². The summed E-state index contributed by atoms with van der Waals surface area (Å²) in [6.45, 7) is 11.5. The molecule has 0 aliphatic carbocycles. The zero-order valence-corrected chi connectivity index (χ0v) is 21.9. The maximum Gasteiger partial charge on any atom is 0.295 e. The van der Waals surface area contributed by atoms with Crippen molar-refractivity contribution < 1.29 is 19.4 Å². The number of benzene rings is 2. The minimum atomic E-state index is -0.685. The van der Waals surface area contributed by atoms with Gasteiger partial charge in [0.15, 0.2) is 0 Å². The van der Waals surface area contributed by atoms with E-state index in [9.17, 15) is 14.7 Å². The monoisotopic (exact) mass is 498 g/mol. The fourth-order valence-corrected chi connectivity index (χ4v) is 4.75. The van der Waals surface area contributed by atoms with Crippen LogP contribution in [0.25, 0.3) is 5.76 Å². The van der Waals surface area contributed by atoms with Gasteiger partial charge < -0.3 is 19.6 Å². The molecule has 1 N–H and O–H groups in total. The van der Waals surface area contributed by atoms with Crippen molar-refractivity contribution in [2.75, 3.05) is 33.3 Å². The molecule has 1 fully saturated rings. The van der Waals surface area contributed by atoms with Gasteiger partial charge in [-0.2, -0.15) is 0 Å². The van der Waals surface area contributed by atoms with E-state index in [1.807, 2.05) is 24.3 Å². The van der Waals surface area contributed by atoms with Crippen molar-refractivity contribution in [3.63, 3.8) is 0 Å². The molecule has 1 heterocycles. The molecule has 2 aromatic rings. The Morgan fingerprint density at radius 2 is 1.77 bits per heavy atom. The van der Waals surface area contributed by atoms with Gasteiger partial charge in [0.05, 0.1) is 23.7 Å². The molecular formula is C28H35ClN2O4. The number of ketones is 1. The van der Waals surface area contributed by atoms with E-state index in [4.69, 9.17) is 16.3 Å². The summed E-state index contributed by atoms with van der Waals surface area (Å²) in [5.74, 6) is -0.706. The Morgan fingerprint density at radius 1 is 1.11 bits per heavy atom. The second kappa shape index (κ2) is 11.7. The van der Waals surface area contributed by atoms with E-state index in [1.54, 1.807) is 23.1 Å². The molecule has 2 aromatic carbocycles. The molecule has 1 amide bonds. The van der Waals surface area contributed by atoms with Crippen LogP contribution >= 0.6 is 11.6 Å². The van der Waals surface area contributed by atoms with Crippen LogP contribution in [0.3, 0.4) is 0 Å². The van der Waals surface area contributed by atoms with Crippen LogP contribution in [0.5, 0.6) is 5.75 Å². The number of Topliss-reactive ketones (excluding diaryl/α,β-unsaturated/α-hetero) is 1. The van der Waals surface area contributed by atoms with E-state index in [0.717, 1.165) is 37.2 Å². The summed E-state index contributed by atoms with van der Waals surface area (Å²) in [5.41, 5.74) is 2.39. The summed E-state index contributed by atoms with van der Waals surface area (Å²) in [5, 5.41) is 11.6. The van der Waals surface area contributed by atoms with Crippen LogP contribution in [0.4, 0.5) is 0 Å². The Balaban J connectivity index is 2.06. The van der Waals surface area contributed by atoms with Crippen molar-refractivity contribution in [1.82, 2.24) is 9.80 Å². The molecule has 7 heteroatoms. The topological polar surface area (TPSA) is 70.1 Å². The van der Waals surface area contributed by atoms with Crippen LogP contribution in [0, 0.1) is 0 Å². The lowest BCUT2D eigenvalue weighted by atomic mass is 9.93. The van der Waals surface area contributed by atoms with Gasteiger partial charge in [-0.05, 0) is 61.3 Å². The maximum atomic E-state index is 13.2. The quantitative estimate of drug-likeness (QED) is 0.261. The number of hydrogen-bond acceptors (Lipinski definition) is 5. The number of amides is 1. The van der Waals surface area contributed by atoms with Crippen LogP contribution in [-0.2, 0) is 9.59 Å². The minimum absolute atomic E-state index is 0.0800. The molecule has 1 saturated heterocycles. The molecule has 188 valence electrons. The van der Waals surface area contributed by atoms with Crippen molar-refractivity contribution >= 4 is 29.1 Å². The first-order chi connectivity index (χ1) is 16.7. The van der Waals surface area contributed by atoms with Gasteiger partial charge in [0.2, 0.25) is 0 Å². The zero-order chi connectivity index (χ0) is 25.7. The highest BCUT2D eigenvalue weighted by molar-refractivity contribution is 6.46. The normalized spacial score (nSPS) is 17.6. The zero-order valence-electron chi connectivity index (χ0n) is 21.2. The number of carbonyl (C=O) groups is 2. The first-order valence-corrected chi connectivity index (χ1v) is 12.6. The van der Waals surface area contributed by atoms with Crippen molar-refractivity contribution in [2.45, 2.75) is 46.1 Å². The number of aliphatic hydroxyl groups excluding tert-OH is 1. The Morgan fingerprint density at radius 3 is 2.31 bits per heavy atom. The second-order valence-corrected chi connectivity index (χ2v) is 9.45. The second-order valence-electron chi connectivity index (χ2n) is 9.04. The lowest BCUT2D eigenvalue weighted by molar-refractivity contribution is -0.140. The van der Waals surface area contributed by atoms with Gasteiger partial charge >= 0.3 is 0 Å². The molecule has 1 atom stereocenters. The third kappa shape index (κ3) is 5.71. The van der Waals surface area contributed by atoms with Gasteiger partial charge in [0.25, 0.3) is 11.7 Å². The van der Waals surface area contributed by atoms with Gasteiger partial charge in [-0.3, -0.25) is 9.59 Å². The average molecular weight is 499 g/mol. The lowest BCUT2D eigenvalue weighted by Crippen LogP contribution is -2.33. The van der Waals surface area contributed by atoms with Crippen molar-refractivity contribution in [3.05, 3.63) is 69.8 Å². The van der Waals surface area contributed by atoms with Crippen molar-refractivity contribution in [2.24, 2.45) is 0 Å². The first kappa shape index (κ1) is 26.8. The Kier molecular flexibility index (Phi) is 8.98. The number of ether oxygens (including phenoxy) is 1. The van der Waals surface area contributed by atoms with Gasteiger partial charge in [-0.1, -0.05) is 63.6 Å². The Labute approximate surface area is 213 Å². The van der Waals surface area contributed by atoms with E-state index < -0.39 is 17.7 Å².